The fourth-order valence-electron chi connectivity index (χ4n) is 4.04. The van der Waals surface area contributed by atoms with Crippen LogP contribution in [0.3, 0.4) is 0 Å². The van der Waals surface area contributed by atoms with Crippen LogP contribution in [0.5, 0.6) is 0 Å². The first kappa shape index (κ1) is 26.1. The Morgan fingerprint density at radius 2 is 2.15 bits per heavy atom. The zero-order chi connectivity index (χ0) is 24.0. The number of hydrogen-bond donors (Lipinski definition) is 5. The molecule has 12 nitrogen and oxygen atoms in total. The molecule has 1 saturated carbocycles. The summed E-state index contributed by atoms with van der Waals surface area (Å²) >= 11 is 6.13. The number of nitrogens with one attached hydrogen (secondary N) is 1. The summed E-state index contributed by atoms with van der Waals surface area (Å²) in [6, 6.07) is -0.0891. The van der Waals surface area contributed by atoms with Crippen LogP contribution in [0.15, 0.2) is 0 Å². The number of halogens is 1. The zero-order valence-corrected chi connectivity index (χ0v) is 20.2. The predicted octanol–water partition coefficient (Wildman–Crippen LogP) is 1.21. The van der Waals surface area contributed by atoms with Gasteiger partial charge in [-0.05, 0) is 50.1 Å². The predicted molar refractivity (Wildman–Crippen MR) is 124 cm³/mol. The number of carbonyl (C=O) groups excluding carboxylic acids is 1. The van der Waals surface area contributed by atoms with Crippen molar-refractivity contribution >= 4 is 43.3 Å². The lowest BCUT2D eigenvalue weighted by molar-refractivity contribution is -0.152. The maximum Gasteiger partial charge on any atom is 0.344 e. The molecular formula is C19H32ClN6O6P. The van der Waals surface area contributed by atoms with Gasteiger partial charge in [-0.2, -0.15) is 9.97 Å². The molecule has 1 aliphatic carbocycles. The van der Waals surface area contributed by atoms with Gasteiger partial charge in [-0.3, -0.25) is 5.01 Å². The molecule has 0 aromatic carbocycles. The van der Waals surface area contributed by atoms with E-state index in [0.717, 1.165) is 25.9 Å². The highest BCUT2D eigenvalue weighted by atomic mass is 35.5. The van der Waals surface area contributed by atoms with Crippen LogP contribution in [0.4, 0.5) is 17.3 Å². The lowest BCUT2D eigenvalue weighted by Gasteiger charge is -2.27. The van der Waals surface area contributed by atoms with Crippen molar-refractivity contribution in [3.63, 3.8) is 0 Å². The molecule has 1 aromatic heterocycles. The first-order valence-electron chi connectivity index (χ1n) is 10.9. The topological polar surface area (TPSA) is 178 Å². The third kappa shape index (κ3) is 6.98. The number of hydrazine groups is 1. The van der Waals surface area contributed by atoms with Crippen LogP contribution in [0.2, 0.25) is 5.28 Å². The second kappa shape index (κ2) is 12.3. The van der Waals surface area contributed by atoms with Gasteiger partial charge in [-0.1, -0.05) is 0 Å². The second-order valence-corrected chi connectivity index (χ2v) is 9.64. The number of nitrogen functional groups attached to an aromatic ring is 1. The number of aromatic nitrogens is 2. The van der Waals surface area contributed by atoms with Gasteiger partial charge in [0.1, 0.15) is 5.69 Å². The second-order valence-electron chi connectivity index (χ2n) is 8.19. The first-order chi connectivity index (χ1) is 15.8. The van der Waals surface area contributed by atoms with Gasteiger partial charge in [0.05, 0.1) is 19.8 Å². The fourth-order valence-corrected chi connectivity index (χ4v) is 4.69. The molecule has 1 aromatic rings. The van der Waals surface area contributed by atoms with Gasteiger partial charge in [0, 0.05) is 25.1 Å². The molecule has 7 N–H and O–H groups in total. The Morgan fingerprint density at radius 3 is 2.82 bits per heavy atom. The van der Waals surface area contributed by atoms with Crippen molar-refractivity contribution in [1.82, 2.24) is 9.97 Å². The first-order valence-corrected chi connectivity index (χ1v) is 12.6. The van der Waals surface area contributed by atoms with E-state index in [1.807, 2.05) is 0 Å². The summed E-state index contributed by atoms with van der Waals surface area (Å²) < 4.78 is 15.7. The van der Waals surface area contributed by atoms with Gasteiger partial charge >= 0.3 is 5.97 Å². The molecule has 33 heavy (non-hydrogen) atoms. The molecule has 2 fully saturated rings. The third-order valence-electron chi connectivity index (χ3n) is 5.82. The summed E-state index contributed by atoms with van der Waals surface area (Å²) in [6.07, 6.45) is 3.13. The monoisotopic (exact) mass is 506 g/mol. The number of rotatable bonds is 11. The van der Waals surface area contributed by atoms with E-state index in [0.29, 0.717) is 42.8 Å². The van der Waals surface area contributed by atoms with Gasteiger partial charge in [0.25, 0.3) is 0 Å². The van der Waals surface area contributed by atoms with E-state index in [9.17, 15) is 14.6 Å². The van der Waals surface area contributed by atoms with E-state index in [4.69, 9.17) is 37.4 Å². The molecule has 1 aliphatic heterocycles. The number of hydrogen-bond acceptors (Lipinski definition) is 12. The minimum Gasteiger partial charge on any atom is -0.464 e. The van der Waals surface area contributed by atoms with Crippen molar-refractivity contribution < 1.29 is 28.8 Å². The van der Waals surface area contributed by atoms with Crippen LogP contribution < -0.4 is 21.9 Å². The molecular weight excluding hydrogens is 475 g/mol. The minimum atomic E-state index is -2.61. The van der Waals surface area contributed by atoms with Crippen molar-refractivity contribution in [2.45, 2.75) is 44.5 Å². The number of anilines is 3. The van der Waals surface area contributed by atoms with Gasteiger partial charge < -0.3 is 35.0 Å². The van der Waals surface area contributed by atoms with Crippen LogP contribution >= 0.6 is 20.0 Å². The van der Waals surface area contributed by atoms with Crippen molar-refractivity contribution in [3.05, 3.63) is 5.28 Å². The Hall–Kier alpha value is -1.53. The molecule has 3 rings (SSSR count). The van der Waals surface area contributed by atoms with Crippen LogP contribution in [0.1, 0.15) is 32.6 Å². The highest BCUT2D eigenvalue weighted by Gasteiger charge is 2.34. The minimum absolute atomic E-state index is 0.0363. The fraction of sp³-hybridized carbons (Fsp3) is 0.737. The number of carbonyl (C=O) groups is 1. The van der Waals surface area contributed by atoms with E-state index in [1.54, 1.807) is 6.92 Å². The number of nitrogens with two attached hydrogens (primary N) is 2. The van der Waals surface area contributed by atoms with E-state index in [-0.39, 0.29) is 30.5 Å². The van der Waals surface area contributed by atoms with E-state index >= 15 is 0 Å². The molecule has 4 atom stereocenters. The van der Waals surface area contributed by atoms with Crippen LogP contribution in [0.25, 0.3) is 0 Å². The average Bonchev–Trinajstić information content (AvgIpc) is 3.46. The highest BCUT2D eigenvalue weighted by molar-refractivity contribution is 7.46. The van der Waals surface area contributed by atoms with Gasteiger partial charge in [0.2, 0.25) is 19.5 Å². The molecule has 2 aliphatic rings. The van der Waals surface area contributed by atoms with Crippen molar-refractivity contribution in [3.8, 4) is 0 Å². The maximum atomic E-state index is 11.9. The smallest absolute Gasteiger partial charge is 0.344 e. The Kier molecular flexibility index (Phi) is 9.69. The molecule has 0 bridgehead atoms. The normalized spacial score (nSPS) is 23.6. The zero-order valence-electron chi connectivity index (χ0n) is 18.5. The lowest BCUT2D eigenvalue weighted by Crippen LogP contribution is -2.41. The summed E-state index contributed by atoms with van der Waals surface area (Å²) in [7, 11) is -2.61. The standard InChI is InChI=1S/C19H32ClN6O6P/c1-2-31-17(27)18(33(28)29)32-10-11-3-4-13(7-11)26(22)16-14(21)15(24-19(20)25-16)23-8-12-5-6-30-9-12/h11-13,18,28-29H,2-10,21-22H2,1H3,(H,23,24,25)/t11?,12?,13-,18?/m0/s1. The Morgan fingerprint density at radius 1 is 1.36 bits per heavy atom. The van der Waals surface area contributed by atoms with Crippen LogP contribution in [-0.2, 0) is 19.0 Å². The van der Waals surface area contributed by atoms with Gasteiger partial charge in [-0.25, -0.2) is 10.6 Å². The van der Waals surface area contributed by atoms with E-state index < -0.39 is 20.2 Å². The lowest BCUT2D eigenvalue weighted by atomic mass is 10.1. The summed E-state index contributed by atoms with van der Waals surface area (Å²) in [5.41, 5.74) is 6.62. The average molecular weight is 507 g/mol. The maximum absolute atomic E-state index is 11.9. The molecule has 0 radical (unpaired) electrons. The SMILES string of the molecule is CCOC(=O)C(OCC1CC[C@H](N(N)c2nc(Cl)nc(NCC3CCOC3)c2N)C1)P(O)O. The van der Waals surface area contributed by atoms with Crippen molar-refractivity contribution in [1.29, 1.82) is 0 Å². The quantitative estimate of drug-likeness (QED) is 0.0953. The summed E-state index contributed by atoms with van der Waals surface area (Å²) in [5.74, 6) is 5.42. The summed E-state index contributed by atoms with van der Waals surface area (Å²) in [4.78, 5) is 39.2. The third-order valence-corrected chi connectivity index (χ3v) is 6.77. The Labute approximate surface area is 198 Å². The van der Waals surface area contributed by atoms with E-state index in [1.165, 1.54) is 5.01 Å². The molecule has 186 valence electrons. The van der Waals surface area contributed by atoms with Crippen molar-refractivity contribution in [2.75, 3.05) is 49.0 Å². The molecule has 14 heteroatoms. The van der Waals surface area contributed by atoms with Gasteiger partial charge in [-0.15, -0.1) is 0 Å². The number of esters is 1. The Balaban J connectivity index is 1.58. The van der Waals surface area contributed by atoms with Gasteiger partial charge in [0.15, 0.2) is 11.6 Å². The molecule has 0 spiro atoms. The largest absolute Gasteiger partial charge is 0.464 e. The molecule has 2 heterocycles. The molecule has 1 saturated heterocycles. The van der Waals surface area contributed by atoms with E-state index in [2.05, 4.69) is 15.3 Å². The van der Waals surface area contributed by atoms with Crippen molar-refractivity contribution in [2.24, 2.45) is 17.7 Å². The molecule has 0 amide bonds. The summed E-state index contributed by atoms with van der Waals surface area (Å²) in [5, 5.41) is 4.76. The Bertz CT molecular complexity index is 802. The highest BCUT2D eigenvalue weighted by Crippen LogP contribution is 2.37. The van der Waals surface area contributed by atoms with Crippen LogP contribution in [0, 0.1) is 11.8 Å². The number of nitrogens with zero attached hydrogens (tertiary/aromatic N) is 3. The molecule has 3 unspecified atom stereocenters. The van der Waals surface area contributed by atoms with Crippen LogP contribution in [-0.4, -0.2) is 70.6 Å². The summed E-state index contributed by atoms with van der Waals surface area (Å²) in [6.45, 7) is 4.04. The number of ether oxygens (including phenoxy) is 3.